The third kappa shape index (κ3) is 4.79. The van der Waals surface area contributed by atoms with E-state index in [4.69, 9.17) is 0 Å². The second kappa shape index (κ2) is 9.07. The van der Waals surface area contributed by atoms with Crippen molar-refractivity contribution in [3.63, 3.8) is 0 Å². The molecule has 32 heavy (non-hydrogen) atoms. The molecule has 0 amide bonds. The lowest BCUT2D eigenvalue weighted by molar-refractivity contribution is -0.113. The van der Waals surface area contributed by atoms with Crippen molar-refractivity contribution < 1.29 is 13.2 Å². The number of benzene rings is 3. The second-order valence-corrected chi connectivity index (χ2v) is 10.0. The summed E-state index contributed by atoms with van der Waals surface area (Å²) < 4.78 is 28.1. The number of carbonyl (C=O) groups excluding carboxylic acids is 1. The first-order valence-electron chi connectivity index (χ1n) is 10.5. The normalized spacial score (nSPS) is 17.8. The van der Waals surface area contributed by atoms with Crippen molar-refractivity contribution in [1.29, 1.82) is 0 Å². The van der Waals surface area contributed by atoms with Crippen LogP contribution in [0.5, 0.6) is 0 Å². The summed E-state index contributed by atoms with van der Waals surface area (Å²) in [6.07, 6.45) is 3.58. The fraction of sp³-hybridized carbons (Fsp3) is 0.148. The van der Waals surface area contributed by atoms with Gasteiger partial charge in [-0.15, -0.1) is 0 Å². The molecule has 0 radical (unpaired) electrons. The Morgan fingerprint density at radius 3 is 1.56 bits per heavy atom. The Hall–Kier alpha value is -3.28. The van der Waals surface area contributed by atoms with Gasteiger partial charge in [-0.2, -0.15) is 4.31 Å². The minimum absolute atomic E-state index is 0.0369. The van der Waals surface area contributed by atoms with Crippen LogP contribution in [-0.2, 0) is 14.8 Å². The van der Waals surface area contributed by atoms with Crippen LogP contribution in [0.25, 0.3) is 12.2 Å². The summed E-state index contributed by atoms with van der Waals surface area (Å²) in [6.45, 7) is 4.07. The summed E-state index contributed by atoms with van der Waals surface area (Å²) in [5.74, 6) is -0.120. The van der Waals surface area contributed by atoms with Crippen LogP contribution in [-0.4, -0.2) is 31.6 Å². The van der Waals surface area contributed by atoms with Crippen LogP contribution in [0, 0.1) is 13.8 Å². The minimum Gasteiger partial charge on any atom is -0.289 e. The van der Waals surface area contributed by atoms with Gasteiger partial charge in [-0.25, -0.2) is 8.42 Å². The lowest BCUT2D eigenvalue weighted by Gasteiger charge is -2.29. The molecule has 0 atom stereocenters. The summed E-state index contributed by atoms with van der Waals surface area (Å²) >= 11 is 0. The molecule has 1 saturated heterocycles. The smallest absolute Gasteiger partial charge is 0.243 e. The van der Waals surface area contributed by atoms with E-state index in [0.717, 1.165) is 22.3 Å². The van der Waals surface area contributed by atoms with Crippen molar-refractivity contribution in [3.05, 3.63) is 112 Å². The maximum Gasteiger partial charge on any atom is 0.243 e. The number of carbonyl (C=O) groups is 1. The monoisotopic (exact) mass is 443 g/mol. The largest absolute Gasteiger partial charge is 0.289 e. The Kier molecular flexibility index (Phi) is 6.21. The maximum absolute atomic E-state index is 13.3. The van der Waals surface area contributed by atoms with E-state index in [1.807, 2.05) is 62.4 Å². The third-order valence-corrected chi connectivity index (χ3v) is 7.30. The Bertz CT molecular complexity index is 1220. The van der Waals surface area contributed by atoms with Crippen LogP contribution in [0.3, 0.4) is 0 Å². The van der Waals surface area contributed by atoms with E-state index >= 15 is 0 Å². The van der Waals surface area contributed by atoms with E-state index in [1.54, 1.807) is 42.5 Å². The predicted octanol–water partition coefficient (Wildman–Crippen LogP) is 5.04. The number of ketones is 1. The first-order chi connectivity index (χ1) is 15.3. The van der Waals surface area contributed by atoms with Gasteiger partial charge in [-0.3, -0.25) is 4.79 Å². The van der Waals surface area contributed by atoms with E-state index in [2.05, 4.69) is 0 Å². The van der Waals surface area contributed by atoms with Crippen LogP contribution in [0.1, 0.15) is 22.3 Å². The average Bonchev–Trinajstić information content (AvgIpc) is 2.80. The number of hydrogen-bond donors (Lipinski definition) is 0. The van der Waals surface area contributed by atoms with Gasteiger partial charge in [0, 0.05) is 24.2 Å². The van der Waals surface area contributed by atoms with Crippen molar-refractivity contribution in [3.8, 4) is 0 Å². The highest BCUT2D eigenvalue weighted by Gasteiger charge is 2.34. The van der Waals surface area contributed by atoms with Crippen LogP contribution in [0.15, 0.2) is 94.9 Å². The molecule has 0 N–H and O–H groups in total. The molecule has 1 aliphatic heterocycles. The van der Waals surface area contributed by atoms with Gasteiger partial charge in [0.25, 0.3) is 0 Å². The Morgan fingerprint density at radius 2 is 1.12 bits per heavy atom. The van der Waals surface area contributed by atoms with Crippen LogP contribution < -0.4 is 0 Å². The highest BCUT2D eigenvalue weighted by Crippen LogP contribution is 2.27. The Balaban J connectivity index is 1.77. The number of aryl methyl sites for hydroxylation is 2. The Labute approximate surface area is 189 Å². The van der Waals surface area contributed by atoms with Gasteiger partial charge >= 0.3 is 0 Å². The standard InChI is InChI=1S/C27H25NO3S/c1-20-8-12-22(13-9-20)16-24-18-28(32(30,31)26-6-4-3-5-7-26)19-25(27(24)29)17-23-14-10-21(2)11-15-23/h3-17H,18-19H2,1-2H3. The maximum atomic E-state index is 13.3. The summed E-state index contributed by atoms with van der Waals surface area (Å²) in [5.41, 5.74) is 4.89. The molecule has 4 rings (SSSR count). The molecule has 162 valence electrons. The van der Waals surface area contributed by atoms with Gasteiger partial charge in [0.15, 0.2) is 5.78 Å². The molecular formula is C27H25NO3S. The first-order valence-corrected chi connectivity index (χ1v) is 11.9. The highest BCUT2D eigenvalue weighted by molar-refractivity contribution is 7.89. The molecule has 0 unspecified atom stereocenters. The number of Topliss-reactive ketones (excluding diaryl/α,β-unsaturated/α-hetero) is 1. The zero-order valence-corrected chi connectivity index (χ0v) is 19.0. The summed E-state index contributed by atoms with van der Waals surface area (Å²) in [4.78, 5) is 13.5. The quantitative estimate of drug-likeness (QED) is 0.531. The van der Waals surface area contributed by atoms with Crippen LogP contribution >= 0.6 is 0 Å². The van der Waals surface area contributed by atoms with Crippen molar-refractivity contribution in [2.75, 3.05) is 13.1 Å². The molecule has 3 aromatic rings. The molecule has 0 aromatic heterocycles. The average molecular weight is 444 g/mol. The third-order valence-electron chi connectivity index (χ3n) is 5.49. The minimum atomic E-state index is -3.75. The lowest BCUT2D eigenvalue weighted by atomic mass is 9.95. The van der Waals surface area contributed by atoms with E-state index in [1.165, 1.54) is 4.31 Å². The van der Waals surface area contributed by atoms with Gasteiger partial charge in [-0.05, 0) is 49.3 Å². The van der Waals surface area contributed by atoms with Crippen molar-refractivity contribution in [2.45, 2.75) is 18.7 Å². The van der Waals surface area contributed by atoms with Gasteiger partial charge in [0.05, 0.1) is 4.90 Å². The molecular weight excluding hydrogens is 418 g/mol. The zero-order valence-electron chi connectivity index (χ0n) is 18.2. The van der Waals surface area contributed by atoms with E-state index in [9.17, 15) is 13.2 Å². The summed E-state index contributed by atoms with van der Waals surface area (Å²) in [6, 6.07) is 24.0. The summed E-state index contributed by atoms with van der Waals surface area (Å²) in [5, 5.41) is 0. The molecule has 0 bridgehead atoms. The van der Waals surface area contributed by atoms with E-state index in [0.29, 0.717) is 11.1 Å². The zero-order chi connectivity index (χ0) is 22.7. The van der Waals surface area contributed by atoms with Crippen molar-refractivity contribution >= 4 is 28.0 Å². The number of nitrogens with zero attached hydrogens (tertiary/aromatic N) is 1. The molecule has 5 heteroatoms. The number of hydrogen-bond acceptors (Lipinski definition) is 3. The predicted molar refractivity (Wildman–Crippen MR) is 129 cm³/mol. The van der Waals surface area contributed by atoms with Crippen LogP contribution in [0.4, 0.5) is 0 Å². The number of rotatable bonds is 4. The fourth-order valence-electron chi connectivity index (χ4n) is 3.65. The second-order valence-electron chi connectivity index (χ2n) is 8.08. The molecule has 1 heterocycles. The molecule has 1 aliphatic rings. The van der Waals surface area contributed by atoms with E-state index < -0.39 is 10.0 Å². The fourth-order valence-corrected chi connectivity index (χ4v) is 5.06. The lowest BCUT2D eigenvalue weighted by Crippen LogP contribution is -2.41. The molecule has 3 aromatic carbocycles. The molecule has 4 nitrogen and oxygen atoms in total. The number of piperidine rings is 1. The van der Waals surface area contributed by atoms with Gasteiger partial charge < -0.3 is 0 Å². The van der Waals surface area contributed by atoms with Crippen LogP contribution in [0.2, 0.25) is 0 Å². The Morgan fingerprint density at radius 1 is 0.688 bits per heavy atom. The van der Waals surface area contributed by atoms with Gasteiger partial charge in [0.2, 0.25) is 10.0 Å². The van der Waals surface area contributed by atoms with E-state index in [-0.39, 0.29) is 23.8 Å². The summed E-state index contributed by atoms with van der Waals surface area (Å²) in [7, 11) is -3.75. The molecule has 0 spiro atoms. The highest BCUT2D eigenvalue weighted by atomic mass is 32.2. The van der Waals surface area contributed by atoms with Crippen molar-refractivity contribution in [2.24, 2.45) is 0 Å². The first kappa shape index (κ1) is 21.9. The van der Waals surface area contributed by atoms with Crippen molar-refractivity contribution in [1.82, 2.24) is 4.31 Å². The molecule has 0 aliphatic carbocycles. The SMILES string of the molecule is Cc1ccc(C=C2CN(S(=O)(=O)c3ccccc3)CC(=Cc3ccc(C)cc3)C2=O)cc1. The van der Waals surface area contributed by atoms with Gasteiger partial charge in [0.1, 0.15) is 0 Å². The molecule has 1 fully saturated rings. The molecule has 0 saturated carbocycles. The van der Waals surface area contributed by atoms with Gasteiger partial charge in [-0.1, -0.05) is 77.9 Å². The number of sulfonamides is 1. The topological polar surface area (TPSA) is 54.5 Å².